The molecule has 8 aromatic carbocycles. The van der Waals surface area contributed by atoms with E-state index in [9.17, 15) is 0 Å². The molecule has 0 saturated heterocycles. The lowest BCUT2D eigenvalue weighted by molar-refractivity contribution is 1.27. The van der Waals surface area contributed by atoms with Crippen molar-refractivity contribution in [1.29, 1.82) is 0 Å². The van der Waals surface area contributed by atoms with Gasteiger partial charge in [-0.25, -0.2) is 0 Å². The second-order valence-corrected chi connectivity index (χ2v) is 15.1. The lowest BCUT2D eigenvalue weighted by Crippen LogP contribution is -2.09. The monoisotopic (exact) mass is 748 g/mol. The fourth-order valence-electron chi connectivity index (χ4n) is 7.10. The highest BCUT2D eigenvalue weighted by molar-refractivity contribution is 5.80. The maximum atomic E-state index is 2.31. The van der Waals surface area contributed by atoms with E-state index in [1.807, 2.05) is 0 Å². The molecule has 0 fully saturated rings. The van der Waals surface area contributed by atoms with Gasteiger partial charge in [0.25, 0.3) is 0 Å². The van der Waals surface area contributed by atoms with E-state index in [1.54, 1.807) is 0 Å². The summed E-state index contributed by atoms with van der Waals surface area (Å²) in [5, 5.41) is 0. The number of rotatable bonds is 11. The number of benzene rings is 8. The lowest BCUT2D eigenvalue weighted by atomic mass is 10.0. The quantitative estimate of drug-likeness (QED) is 0.122. The van der Waals surface area contributed by atoms with Crippen molar-refractivity contribution in [2.24, 2.45) is 0 Å². The molecule has 0 aliphatic heterocycles. The Morgan fingerprint density at radius 3 is 0.603 bits per heavy atom. The van der Waals surface area contributed by atoms with Crippen molar-refractivity contribution in [1.82, 2.24) is 0 Å². The summed E-state index contributed by atoms with van der Waals surface area (Å²) in [7, 11) is 0. The zero-order valence-corrected chi connectivity index (χ0v) is 33.7. The van der Waals surface area contributed by atoms with Crippen LogP contribution in [0.15, 0.2) is 194 Å². The second kappa shape index (κ2) is 17.3. The van der Waals surface area contributed by atoms with Gasteiger partial charge in [-0.15, -0.1) is 0 Å². The van der Waals surface area contributed by atoms with Gasteiger partial charge in [-0.3, -0.25) is 0 Å². The Labute approximate surface area is 344 Å². The number of nitrogens with zero attached hydrogens (tertiary/aromatic N) is 2. The summed E-state index contributed by atoms with van der Waals surface area (Å²) >= 11 is 0. The first-order valence-electron chi connectivity index (χ1n) is 20.0. The Kier molecular flexibility index (Phi) is 11.3. The highest BCUT2D eigenvalue weighted by Crippen LogP contribution is 2.36. The third-order valence-electron chi connectivity index (χ3n) is 10.6. The average Bonchev–Trinajstić information content (AvgIpc) is 3.26. The molecule has 0 N–H and O–H groups in total. The van der Waals surface area contributed by atoms with E-state index in [1.165, 1.54) is 44.5 Å². The molecule has 0 heterocycles. The normalized spacial score (nSPS) is 11.3. The molecule has 0 aliphatic rings. The predicted molar refractivity (Wildman–Crippen MR) is 251 cm³/mol. The first kappa shape index (κ1) is 37.7. The van der Waals surface area contributed by atoms with Crippen molar-refractivity contribution >= 4 is 58.4 Å². The van der Waals surface area contributed by atoms with Crippen LogP contribution in [0.25, 0.3) is 35.4 Å². The molecule has 0 amide bonds. The van der Waals surface area contributed by atoms with Gasteiger partial charge in [0.05, 0.1) is 0 Å². The first-order valence-corrected chi connectivity index (χ1v) is 20.0. The van der Waals surface area contributed by atoms with E-state index in [2.05, 4.69) is 256 Å². The fourth-order valence-corrected chi connectivity index (χ4v) is 7.10. The summed E-state index contributed by atoms with van der Waals surface area (Å²) in [6.45, 7) is 8.50. The van der Waals surface area contributed by atoms with Crippen LogP contribution >= 0.6 is 0 Å². The first-order chi connectivity index (χ1) is 28.3. The zero-order valence-electron chi connectivity index (χ0n) is 33.7. The molecule has 0 atom stereocenters. The van der Waals surface area contributed by atoms with Crippen molar-refractivity contribution in [2.75, 3.05) is 9.80 Å². The number of hydrogen-bond acceptors (Lipinski definition) is 2. The fraction of sp³-hybridized carbons (Fsp3) is 0.0714. The van der Waals surface area contributed by atoms with Crippen LogP contribution in [-0.2, 0) is 0 Å². The summed E-state index contributed by atoms with van der Waals surface area (Å²) in [6, 6.07) is 69.9. The summed E-state index contributed by atoms with van der Waals surface area (Å²) in [5.74, 6) is 0. The zero-order chi connectivity index (χ0) is 39.8. The standard InChI is InChI=1S/C56H48N2/c1-41-5-29-51(30-6-41)57(52-31-7-42(2)8-32-52)55-37-21-47(22-38-55)15-13-45-17-25-49(26-18-45)50-27-19-46(20-28-50)14-16-48-23-39-56(40-24-48)58(53-33-9-43(3)10-34-53)54-35-11-44(4)12-36-54/h5-40H,1-4H3/b15-13-,16-14+. The van der Waals surface area contributed by atoms with Crippen LogP contribution in [0.2, 0.25) is 0 Å². The lowest BCUT2D eigenvalue weighted by Gasteiger charge is -2.25. The molecule has 2 nitrogen and oxygen atoms in total. The minimum absolute atomic E-state index is 1.13. The van der Waals surface area contributed by atoms with Crippen molar-refractivity contribution in [2.45, 2.75) is 27.7 Å². The van der Waals surface area contributed by atoms with Gasteiger partial charge in [-0.2, -0.15) is 0 Å². The summed E-state index contributed by atoms with van der Waals surface area (Å²) in [5.41, 5.74) is 18.9. The molecule has 0 aromatic heterocycles. The van der Waals surface area contributed by atoms with Crippen LogP contribution < -0.4 is 9.80 Å². The van der Waals surface area contributed by atoms with Crippen LogP contribution in [0.3, 0.4) is 0 Å². The van der Waals surface area contributed by atoms with E-state index in [0.717, 1.165) is 45.3 Å². The van der Waals surface area contributed by atoms with Gasteiger partial charge in [0.15, 0.2) is 0 Å². The van der Waals surface area contributed by atoms with Crippen molar-refractivity contribution < 1.29 is 0 Å². The molecule has 0 saturated carbocycles. The third kappa shape index (κ3) is 9.10. The maximum absolute atomic E-state index is 2.31. The van der Waals surface area contributed by atoms with Crippen LogP contribution in [-0.4, -0.2) is 0 Å². The van der Waals surface area contributed by atoms with Gasteiger partial charge < -0.3 is 9.80 Å². The Balaban J connectivity index is 0.908. The van der Waals surface area contributed by atoms with Gasteiger partial charge in [-0.1, -0.05) is 168 Å². The van der Waals surface area contributed by atoms with Gasteiger partial charge in [-0.05, 0) is 134 Å². The molecule has 0 radical (unpaired) electrons. The van der Waals surface area contributed by atoms with E-state index < -0.39 is 0 Å². The van der Waals surface area contributed by atoms with Crippen molar-refractivity contribution in [3.05, 3.63) is 239 Å². The highest BCUT2D eigenvalue weighted by atomic mass is 15.1. The molecule has 58 heavy (non-hydrogen) atoms. The molecular formula is C56H48N2. The van der Waals surface area contributed by atoms with E-state index in [0.29, 0.717) is 0 Å². The molecule has 8 rings (SSSR count). The Morgan fingerprint density at radius 2 is 0.397 bits per heavy atom. The van der Waals surface area contributed by atoms with Gasteiger partial charge in [0.1, 0.15) is 0 Å². The number of hydrogen-bond donors (Lipinski definition) is 0. The minimum atomic E-state index is 1.13. The average molecular weight is 749 g/mol. The molecule has 8 aromatic rings. The summed E-state index contributed by atoms with van der Waals surface area (Å²) in [4.78, 5) is 4.61. The maximum Gasteiger partial charge on any atom is 0.0462 e. The van der Waals surface area contributed by atoms with Crippen LogP contribution in [0.5, 0.6) is 0 Å². The van der Waals surface area contributed by atoms with Gasteiger partial charge in [0.2, 0.25) is 0 Å². The van der Waals surface area contributed by atoms with E-state index in [4.69, 9.17) is 0 Å². The van der Waals surface area contributed by atoms with Crippen molar-refractivity contribution in [3.63, 3.8) is 0 Å². The molecule has 0 bridgehead atoms. The second-order valence-electron chi connectivity index (χ2n) is 15.1. The predicted octanol–water partition coefficient (Wildman–Crippen LogP) is 15.9. The smallest absolute Gasteiger partial charge is 0.0462 e. The minimum Gasteiger partial charge on any atom is -0.311 e. The van der Waals surface area contributed by atoms with E-state index >= 15 is 0 Å². The van der Waals surface area contributed by atoms with E-state index in [-0.39, 0.29) is 0 Å². The number of aryl methyl sites for hydroxylation is 4. The van der Waals surface area contributed by atoms with Crippen LogP contribution in [0, 0.1) is 27.7 Å². The summed E-state index contributed by atoms with van der Waals surface area (Å²) in [6.07, 6.45) is 8.72. The van der Waals surface area contributed by atoms with Crippen molar-refractivity contribution in [3.8, 4) is 11.1 Å². The SMILES string of the molecule is Cc1ccc(N(c2ccc(C)cc2)c2ccc(/C=C\c3ccc(-c4ccc(/C=C/c5ccc(N(c6ccc(C)cc6)c6ccc(C)cc6)cc5)cc4)cc3)cc2)cc1. The molecule has 0 unspecified atom stereocenters. The Hall–Kier alpha value is -7.16. The third-order valence-corrected chi connectivity index (χ3v) is 10.6. The molecular weight excluding hydrogens is 701 g/mol. The highest BCUT2D eigenvalue weighted by Gasteiger charge is 2.13. The van der Waals surface area contributed by atoms with Crippen LogP contribution in [0.1, 0.15) is 44.5 Å². The summed E-state index contributed by atoms with van der Waals surface area (Å²) < 4.78 is 0. The largest absolute Gasteiger partial charge is 0.311 e. The topological polar surface area (TPSA) is 6.48 Å². The Morgan fingerprint density at radius 1 is 0.224 bits per heavy atom. The van der Waals surface area contributed by atoms with Gasteiger partial charge >= 0.3 is 0 Å². The molecule has 0 spiro atoms. The molecule has 282 valence electrons. The van der Waals surface area contributed by atoms with Gasteiger partial charge in [0, 0.05) is 34.1 Å². The number of anilines is 6. The molecule has 0 aliphatic carbocycles. The molecule has 2 heteroatoms. The van der Waals surface area contributed by atoms with Crippen LogP contribution in [0.4, 0.5) is 34.1 Å². The Bertz CT molecular complexity index is 2330.